The minimum absolute atomic E-state index is 0.947. The molecule has 2 aliphatic carbocycles. The summed E-state index contributed by atoms with van der Waals surface area (Å²) in [6, 6.07) is 0. The highest BCUT2D eigenvalue weighted by Crippen LogP contribution is 2.48. The molecule has 2 aliphatic rings. The number of hydrogen-bond donors (Lipinski definition) is 0. The maximum absolute atomic E-state index is 4.40. The summed E-state index contributed by atoms with van der Waals surface area (Å²) in [5.74, 6) is 4.30. The van der Waals surface area contributed by atoms with Crippen LogP contribution in [0.25, 0.3) is 0 Å². The largest absolute Gasteiger partial charge is 0.335 e. The Morgan fingerprint density at radius 3 is 3.00 bits per heavy atom. The monoisotopic (exact) mass is 204 g/mol. The fraction of sp³-hybridized carbons (Fsp3) is 0.769. The molecule has 0 saturated heterocycles. The van der Waals surface area contributed by atoms with E-state index in [4.69, 9.17) is 0 Å². The molecule has 2 bridgehead atoms. The molecule has 3 atom stereocenters. The summed E-state index contributed by atoms with van der Waals surface area (Å²) < 4.78 is 2.38. The second-order valence-corrected chi connectivity index (χ2v) is 5.28. The molecule has 0 radical (unpaired) electrons. The Labute approximate surface area is 91.7 Å². The molecule has 0 aromatic carbocycles. The zero-order valence-corrected chi connectivity index (χ0v) is 9.52. The maximum atomic E-state index is 4.40. The third kappa shape index (κ3) is 1.60. The summed E-state index contributed by atoms with van der Waals surface area (Å²) >= 11 is 0. The van der Waals surface area contributed by atoms with E-state index in [-0.39, 0.29) is 0 Å². The summed E-state index contributed by atoms with van der Waals surface area (Å²) in [6.07, 6.45) is 11.2. The molecule has 2 nitrogen and oxygen atoms in total. The Morgan fingerprint density at radius 1 is 1.40 bits per heavy atom. The van der Waals surface area contributed by atoms with Gasteiger partial charge in [-0.1, -0.05) is 13.3 Å². The zero-order chi connectivity index (χ0) is 10.3. The number of hydrogen-bond acceptors (Lipinski definition) is 1. The second-order valence-electron chi connectivity index (χ2n) is 5.28. The molecule has 0 spiro atoms. The van der Waals surface area contributed by atoms with Crippen LogP contribution in [0.1, 0.15) is 38.4 Å². The van der Waals surface area contributed by atoms with Crippen molar-refractivity contribution in [3.63, 3.8) is 0 Å². The standard InChI is InChI=1S/C13H20N2/c1-2-13-14-5-6-15(13)9-12-8-10-3-4-11(12)7-10/h5-6,10-12H,2-4,7-9H2,1H3. The van der Waals surface area contributed by atoms with Crippen LogP contribution >= 0.6 is 0 Å². The van der Waals surface area contributed by atoms with Crippen LogP contribution in [0.4, 0.5) is 0 Å². The first-order valence-electron chi connectivity index (χ1n) is 6.36. The van der Waals surface area contributed by atoms with Crippen LogP contribution in [0.2, 0.25) is 0 Å². The van der Waals surface area contributed by atoms with Crippen molar-refractivity contribution in [1.82, 2.24) is 9.55 Å². The first-order valence-corrected chi connectivity index (χ1v) is 6.36. The van der Waals surface area contributed by atoms with E-state index in [1.807, 2.05) is 6.20 Å². The number of imidazole rings is 1. The van der Waals surface area contributed by atoms with Crippen LogP contribution in [-0.4, -0.2) is 9.55 Å². The van der Waals surface area contributed by atoms with Gasteiger partial charge in [-0.25, -0.2) is 4.98 Å². The van der Waals surface area contributed by atoms with Gasteiger partial charge >= 0.3 is 0 Å². The molecule has 2 fully saturated rings. The van der Waals surface area contributed by atoms with Gasteiger partial charge in [-0.05, 0) is 37.0 Å². The maximum Gasteiger partial charge on any atom is 0.108 e. The predicted octanol–water partition coefficient (Wildman–Crippen LogP) is 2.88. The van der Waals surface area contributed by atoms with Crippen LogP contribution in [0.3, 0.4) is 0 Å². The van der Waals surface area contributed by atoms with E-state index in [1.54, 1.807) is 0 Å². The van der Waals surface area contributed by atoms with Crippen molar-refractivity contribution in [3.05, 3.63) is 18.2 Å². The average Bonchev–Trinajstić information content (AvgIpc) is 2.92. The molecule has 1 aromatic heterocycles. The quantitative estimate of drug-likeness (QED) is 0.740. The number of rotatable bonds is 3. The molecule has 1 heterocycles. The highest BCUT2D eigenvalue weighted by Gasteiger charge is 2.39. The lowest BCUT2D eigenvalue weighted by atomic mass is 9.89. The SMILES string of the molecule is CCc1nccn1CC1CC2CCC1C2. The highest BCUT2D eigenvalue weighted by atomic mass is 15.1. The zero-order valence-electron chi connectivity index (χ0n) is 9.52. The van der Waals surface area contributed by atoms with Crippen molar-refractivity contribution >= 4 is 0 Å². The molecule has 15 heavy (non-hydrogen) atoms. The Hall–Kier alpha value is -0.790. The molecule has 82 valence electrons. The van der Waals surface area contributed by atoms with Crippen LogP contribution in [0, 0.1) is 17.8 Å². The van der Waals surface area contributed by atoms with Gasteiger partial charge in [0.2, 0.25) is 0 Å². The van der Waals surface area contributed by atoms with E-state index < -0.39 is 0 Å². The lowest BCUT2D eigenvalue weighted by Gasteiger charge is -2.22. The van der Waals surface area contributed by atoms with Gasteiger partial charge in [0, 0.05) is 25.4 Å². The Morgan fingerprint density at radius 2 is 2.33 bits per heavy atom. The van der Waals surface area contributed by atoms with Gasteiger partial charge in [0.05, 0.1) is 0 Å². The smallest absolute Gasteiger partial charge is 0.108 e. The van der Waals surface area contributed by atoms with Crippen molar-refractivity contribution in [2.24, 2.45) is 17.8 Å². The summed E-state index contributed by atoms with van der Waals surface area (Å²) in [5.41, 5.74) is 0. The normalized spacial score (nSPS) is 33.8. The fourth-order valence-electron chi connectivity index (χ4n) is 3.67. The molecule has 0 aliphatic heterocycles. The first kappa shape index (κ1) is 9.44. The number of nitrogens with zero attached hydrogens (tertiary/aromatic N) is 2. The van der Waals surface area contributed by atoms with Gasteiger partial charge in [-0.2, -0.15) is 0 Å². The van der Waals surface area contributed by atoms with Crippen LogP contribution in [-0.2, 0) is 13.0 Å². The van der Waals surface area contributed by atoms with Crippen molar-refractivity contribution < 1.29 is 0 Å². The van der Waals surface area contributed by atoms with E-state index in [9.17, 15) is 0 Å². The van der Waals surface area contributed by atoms with Gasteiger partial charge in [0.1, 0.15) is 5.82 Å². The van der Waals surface area contributed by atoms with Gasteiger partial charge < -0.3 is 4.57 Å². The molecule has 3 unspecified atom stereocenters. The van der Waals surface area contributed by atoms with Gasteiger partial charge in [-0.3, -0.25) is 0 Å². The number of aryl methyl sites for hydroxylation is 1. The lowest BCUT2D eigenvalue weighted by molar-refractivity contribution is 0.293. The highest BCUT2D eigenvalue weighted by molar-refractivity contribution is 4.95. The molecule has 3 rings (SSSR count). The van der Waals surface area contributed by atoms with E-state index >= 15 is 0 Å². The first-order chi connectivity index (χ1) is 7.36. The third-order valence-electron chi connectivity index (χ3n) is 4.43. The predicted molar refractivity (Wildman–Crippen MR) is 60.5 cm³/mol. The summed E-state index contributed by atoms with van der Waals surface area (Å²) in [5, 5.41) is 0. The van der Waals surface area contributed by atoms with Crippen molar-refractivity contribution in [2.45, 2.75) is 45.6 Å². The summed E-state index contributed by atoms with van der Waals surface area (Å²) in [7, 11) is 0. The fourth-order valence-corrected chi connectivity index (χ4v) is 3.67. The Balaban J connectivity index is 1.70. The lowest BCUT2D eigenvalue weighted by Crippen LogP contribution is -2.18. The van der Waals surface area contributed by atoms with Gasteiger partial charge in [0.25, 0.3) is 0 Å². The molecule has 0 N–H and O–H groups in total. The third-order valence-corrected chi connectivity index (χ3v) is 4.43. The van der Waals surface area contributed by atoms with E-state index in [0.29, 0.717) is 0 Å². The van der Waals surface area contributed by atoms with E-state index in [2.05, 4.69) is 22.7 Å². The van der Waals surface area contributed by atoms with Crippen LogP contribution < -0.4 is 0 Å². The molecule has 1 aromatic rings. The number of fused-ring (bicyclic) bond motifs is 2. The number of aromatic nitrogens is 2. The van der Waals surface area contributed by atoms with Crippen molar-refractivity contribution in [3.8, 4) is 0 Å². The Bertz CT molecular complexity index is 342. The van der Waals surface area contributed by atoms with Gasteiger partial charge in [-0.15, -0.1) is 0 Å². The second kappa shape index (κ2) is 3.66. The molecular weight excluding hydrogens is 184 g/mol. The molecule has 2 saturated carbocycles. The van der Waals surface area contributed by atoms with E-state index in [0.717, 1.165) is 24.2 Å². The average molecular weight is 204 g/mol. The van der Waals surface area contributed by atoms with Gasteiger partial charge in [0.15, 0.2) is 0 Å². The van der Waals surface area contributed by atoms with Crippen molar-refractivity contribution in [1.29, 1.82) is 0 Å². The van der Waals surface area contributed by atoms with Crippen molar-refractivity contribution in [2.75, 3.05) is 0 Å². The molecule has 2 heteroatoms. The summed E-state index contributed by atoms with van der Waals surface area (Å²) in [4.78, 5) is 4.40. The summed E-state index contributed by atoms with van der Waals surface area (Å²) in [6.45, 7) is 3.42. The minimum atomic E-state index is 0.947. The van der Waals surface area contributed by atoms with Crippen LogP contribution in [0.5, 0.6) is 0 Å². The minimum Gasteiger partial charge on any atom is -0.335 e. The Kier molecular flexibility index (Phi) is 2.30. The van der Waals surface area contributed by atoms with E-state index in [1.165, 1.54) is 38.1 Å². The molecule has 0 amide bonds. The topological polar surface area (TPSA) is 17.8 Å². The molecular formula is C13H20N2. The van der Waals surface area contributed by atoms with Crippen LogP contribution in [0.15, 0.2) is 12.4 Å².